The van der Waals surface area contributed by atoms with Crippen LogP contribution in [0.5, 0.6) is 5.75 Å². The fraction of sp³-hybridized carbons (Fsp3) is 0.579. The molecule has 0 saturated carbocycles. The van der Waals surface area contributed by atoms with Crippen LogP contribution < -0.4 is 15.4 Å². The van der Waals surface area contributed by atoms with Gasteiger partial charge in [0, 0.05) is 25.2 Å². The molecule has 0 spiro atoms. The number of nitrogens with one attached hydrogen (secondary N) is 2. The molecule has 1 aliphatic rings. The van der Waals surface area contributed by atoms with E-state index in [4.69, 9.17) is 4.74 Å². The summed E-state index contributed by atoms with van der Waals surface area (Å²) in [6.45, 7) is 7.81. The Morgan fingerprint density at radius 2 is 1.84 bits per heavy atom. The minimum Gasteiger partial charge on any atom is -0.494 e. The Balaban J connectivity index is 1.76. The van der Waals surface area contributed by atoms with Gasteiger partial charge in [0.05, 0.1) is 13.0 Å². The first-order chi connectivity index (χ1) is 12.0. The lowest BCUT2D eigenvalue weighted by Gasteiger charge is -2.32. The number of hydrogen-bond donors (Lipinski definition) is 2. The standard InChI is InChI=1S/C19H29N3O3/c1-4-25-17-7-5-15(6-8-17)13-18(23)22-11-9-16(10-12-22)21-19(24)20-14(2)3/h5-8,14,16H,4,9-13H2,1-3H3,(H2,20,21,24). The van der Waals surface area contributed by atoms with Crippen LogP contribution in [0, 0.1) is 0 Å². The summed E-state index contributed by atoms with van der Waals surface area (Å²) < 4.78 is 5.41. The predicted octanol–water partition coefficient (Wildman–Crippen LogP) is 2.33. The first-order valence-electron chi connectivity index (χ1n) is 9.04. The lowest BCUT2D eigenvalue weighted by Crippen LogP contribution is -2.50. The zero-order valence-corrected chi connectivity index (χ0v) is 15.4. The van der Waals surface area contributed by atoms with Crippen molar-refractivity contribution in [1.29, 1.82) is 0 Å². The van der Waals surface area contributed by atoms with Crippen LogP contribution in [0.1, 0.15) is 39.2 Å². The lowest BCUT2D eigenvalue weighted by atomic mass is 10.0. The number of carbonyl (C=O) groups excluding carboxylic acids is 2. The van der Waals surface area contributed by atoms with Crippen molar-refractivity contribution >= 4 is 11.9 Å². The molecule has 1 aliphatic heterocycles. The summed E-state index contributed by atoms with van der Waals surface area (Å²) >= 11 is 0. The summed E-state index contributed by atoms with van der Waals surface area (Å²) in [6, 6.07) is 7.80. The molecule has 0 aromatic heterocycles. The first kappa shape index (κ1) is 19.1. The highest BCUT2D eigenvalue weighted by Crippen LogP contribution is 2.15. The summed E-state index contributed by atoms with van der Waals surface area (Å²) in [6.07, 6.45) is 1.99. The van der Waals surface area contributed by atoms with E-state index in [1.54, 1.807) is 0 Å². The van der Waals surface area contributed by atoms with Gasteiger partial charge in [-0.15, -0.1) is 0 Å². The minimum atomic E-state index is -0.130. The molecule has 0 atom stereocenters. The zero-order valence-electron chi connectivity index (χ0n) is 15.4. The van der Waals surface area contributed by atoms with Gasteiger partial charge < -0.3 is 20.3 Å². The molecule has 0 unspecified atom stereocenters. The average Bonchev–Trinajstić information content (AvgIpc) is 2.56. The topological polar surface area (TPSA) is 70.7 Å². The van der Waals surface area contributed by atoms with E-state index in [1.807, 2.05) is 49.9 Å². The average molecular weight is 347 g/mol. The quantitative estimate of drug-likeness (QED) is 0.830. The van der Waals surface area contributed by atoms with Crippen molar-refractivity contribution in [1.82, 2.24) is 15.5 Å². The van der Waals surface area contributed by atoms with Gasteiger partial charge >= 0.3 is 6.03 Å². The molecule has 3 amide bonds. The van der Waals surface area contributed by atoms with Crippen LogP contribution in [-0.2, 0) is 11.2 Å². The Labute approximate surface area is 149 Å². The van der Waals surface area contributed by atoms with E-state index in [0.29, 0.717) is 26.1 Å². The fourth-order valence-corrected chi connectivity index (χ4v) is 2.92. The molecule has 2 N–H and O–H groups in total. The maximum atomic E-state index is 12.4. The minimum absolute atomic E-state index is 0.121. The number of rotatable bonds is 6. The van der Waals surface area contributed by atoms with Crippen LogP contribution in [0.4, 0.5) is 4.79 Å². The molecule has 6 nitrogen and oxygen atoms in total. The molecule has 138 valence electrons. The number of urea groups is 1. The van der Waals surface area contributed by atoms with Crippen LogP contribution in [0.2, 0.25) is 0 Å². The van der Waals surface area contributed by atoms with Gasteiger partial charge in [-0.3, -0.25) is 4.79 Å². The van der Waals surface area contributed by atoms with Crippen LogP contribution in [0.15, 0.2) is 24.3 Å². The van der Waals surface area contributed by atoms with Crippen LogP contribution in [-0.4, -0.2) is 48.6 Å². The van der Waals surface area contributed by atoms with Crippen molar-refractivity contribution in [3.63, 3.8) is 0 Å². The summed E-state index contributed by atoms with van der Waals surface area (Å²) in [7, 11) is 0. The van der Waals surface area contributed by atoms with E-state index >= 15 is 0 Å². The van der Waals surface area contributed by atoms with Gasteiger partial charge in [-0.05, 0) is 51.3 Å². The van der Waals surface area contributed by atoms with Gasteiger partial charge in [-0.25, -0.2) is 4.79 Å². The van der Waals surface area contributed by atoms with Crippen molar-refractivity contribution in [2.45, 2.75) is 52.1 Å². The van der Waals surface area contributed by atoms with Crippen molar-refractivity contribution in [3.8, 4) is 5.75 Å². The van der Waals surface area contributed by atoms with E-state index < -0.39 is 0 Å². The Morgan fingerprint density at radius 1 is 1.20 bits per heavy atom. The van der Waals surface area contributed by atoms with Gasteiger partial charge in [0.25, 0.3) is 0 Å². The fourth-order valence-electron chi connectivity index (χ4n) is 2.92. The number of benzene rings is 1. The molecule has 6 heteroatoms. The predicted molar refractivity (Wildman–Crippen MR) is 97.7 cm³/mol. The second-order valence-electron chi connectivity index (χ2n) is 6.68. The van der Waals surface area contributed by atoms with Gasteiger partial charge in [0.2, 0.25) is 5.91 Å². The SMILES string of the molecule is CCOc1ccc(CC(=O)N2CCC(NC(=O)NC(C)C)CC2)cc1. The van der Waals surface area contributed by atoms with Crippen molar-refractivity contribution < 1.29 is 14.3 Å². The van der Waals surface area contributed by atoms with Gasteiger partial charge in [0.15, 0.2) is 0 Å². The van der Waals surface area contributed by atoms with Gasteiger partial charge in [0.1, 0.15) is 5.75 Å². The van der Waals surface area contributed by atoms with Crippen molar-refractivity contribution in [2.75, 3.05) is 19.7 Å². The molecule has 1 aromatic carbocycles. The molecular formula is C19H29N3O3. The third kappa shape index (κ3) is 6.29. The second kappa shape index (κ2) is 9.30. The molecule has 1 aromatic rings. The molecule has 25 heavy (non-hydrogen) atoms. The lowest BCUT2D eigenvalue weighted by molar-refractivity contribution is -0.131. The second-order valence-corrected chi connectivity index (χ2v) is 6.68. The molecule has 0 aliphatic carbocycles. The highest BCUT2D eigenvalue weighted by molar-refractivity contribution is 5.79. The molecule has 1 saturated heterocycles. The highest BCUT2D eigenvalue weighted by atomic mass is 16.5. The van der Waals surface area contributed by atoms with Crippen molar-refractivity contribution in [3.05, 3.63) is 29.8 Å². The summed E-state index contributed by atoms with van der Waals surface area (Å²) in [5, 5.41) is 5.81. The van der Waals surface area contributed by atoms with Crippen LogP contribution in [0.3, 0.4) is 0 Å². The summed E-state index contributed by atoms with van der Waals surface area (Å²) in [5.41, 5.74) is 0.991. The largest absolute Gasteiger partial charge is 0.494 e. The monoisotopic (exact) mass is 347 g/mol. The third-order valence-electron chi connectivity index (χ3n) is 4.19. The van der Waals surface area contributed by atoms with Crippen LogP contribution in [0.25, 0.3) is 0 Å². The number of ether oxygens (including phenoxy) is 1. The molecule has 1 heterocycles. The molecule has 2 rings (SSSR count). The number of carbonyl (C=O) groups is 2. The highest BCUT2D eigenvalue weighted by Gasteiger charge is 2.23. The Morgan fingerprint density at radius 3 is 2.40 bits per heavy atom. The molecule has 0 radical (unpaired) electrons. The zero-order chi connectivity index (χ0) is 18.2. The van der Waals surface area contributed by atoms with E-state index in [-0.39, 0.29) is 24.0 Å². The number of hydrogen-bond acceptors (Lipinski definition) is 3. The van der Waals surface area contributed by atoms with E-state index in [0.717, 1.165) is 24.2 Å². The normalized spacial score (nSPS) is 15.1. The Kier molecular flexibility index (Phi) is 7.10. The maximum absolute atomic E-state index is 12.4. The number of nitrogens with zero attached hydrogens (tertiary/aromatic N) is 1. The Bertz CT molecular complexity index is 564. The molecule has 0 bridgehead atoms. The van der Waals surface area contributed by atoms with Crippen LogP contribution >= 0.6 is 0 Å². The number of amides is 3. The van der Waals surface area contributed by atoms with Gasteiger partial charge in [-0.2, -0.15) is 0 Å². The first-order valence-corrected chi connectivity index (χ1v) is 9.04. The van der Waals surface area contributed by atoms with E-state index in [1.165, 1.54) is 0 Å². The molecule has 1 fully saturated rings. The smallest absolute Gasteiger partial charge is 0.315 e. The number of likely N-dealkylation sites (tertiary alicyclic amines) is 1. The van der Waals surface area contributed by atoms with Crippen molar-refractivity contribution in [2.24, 2.45) is 0 Å². The maximum Gasteiger partial charge on any atom is 0.315 e. The van der Waals surface area contributed by atoms with E-state index in [9.17, 15) is 9.59 Å². The van der Waals surface area contributed by atoms with Gasteiger partial charge in [-0.1, -0.05) is 12.1 Å². The van der Waals surface area contributed by atoms with E-state index in [2.05, 4.69) is 10.6 Å². The summed E-state index contributed by atoms with van der Waals surface area (Å²) in [4.78, 5) is 26.1. The third-order valence-corrected chi connectivity index (χ3v) is 4.19. The Hall–Kier alpha value is -2.24. The molecular weight excluding hydrogens is 318 g/mol. The summed E-state index contributed by atoms with van der Waals surface area (Å²) in [5.74, 6) is 0.958. The number of piperidine rings is 1.